The van der Waals surface area contributed by atoms with Crippen molar-refractivity contribution in [3.63, 3.8) is 0 Å². The lowest BCUT2D eigenvalue weighted by Gasteiger charge is -2.31. The lowest BCUT2D eigenvalue weighted by atomic mass is 9.96. The van der Waals surface area contributed by atoms with Gasteiger partial charge >= 0.3 is 0 Å². The summed E-state index contributed by atoms with van der Waals surface area (Å²) in [6, 6.07) is 5.34. The molecule has 1 aliphatic heterocycles. The van der Waals surface area contributed by atoms with Gasteiger partial charge < -0.3 is 0 Å². The van der Waals surface area contributed by atoms with Gasteiger partial charge in [-0.25, -0.2) is 8.42 Å². The fraction of sp³-hybridized carbons (Fsp3) is 0.600. The smallest absolute Gasteiger partial charge is 0.207 e. The van der Waals surface area contributed by atoms with Crippen LogP contribution < -0.4 is 0 Å². The second kappa shape index (κ2) is 6.46. The Labute approximate surface area is 127 Å². The highest BCUT2D eigenvalue weighted by Crippen LogP contribution is 2.28. The molecule has 0 spiro atoms. The molecule has 1 heterocycles. The van der Waals surface area contributed by atoms with E-state index in [2.05, 4.69) is 6.92 Å². The van der Waals surface area contributed by atoms with E-state index in [1.54, 1.807) is 16.4 Å². The van der Waals surface area contributed by atoms with Crippen LogP contribution in [0.25, 0.3) is 0 Å². The highest BCUT2D eigenvalue weighted by atomic mass is 35.5. The molecule has 1 fully saturated rings. The van der Waals surface area contributed by atoms with E-state index >= 15 is 0 Å². The average Bonchev–Trinajstić information content (AvgIpc) is 2.47. The van der Waals surface area contributed by atoms with E-state index in [0.29, 0.717) is 29.8 Å². The maximum atomic E-state index is 12.8. The molecule has 1 aromatic rings. The first-order chi connectivity index (χ1) is 9.50. The molecule has 0 atom stereocenters. The Morgan fingerprint density at radius 1 is 1.30 bits per heavy atom. The Hall–Kier alpha value is -0.580. The molecule has 0 unspecified atom stereocenters. The molecule has 0 bridgehead atoms. The molecule has 0 saturated carbocycles. The van der Waals surface area contributed by atoms with Crippen LogP contribution in [-0.2, 0) is 15.9 Å². The van der Waals surface area contributed by atoms with Crippen LogP contribution in [0.15, 0.2) is 23.1 Å². The summed E-state index contributed by atoms with van der Waals surface area (Å²) in [6.07, 6.45) is 3.06. The third kappa shape index (κ3) is 3.02. The van der Waals surface area contributed by atoms with Gasteiger partial charge in [-0.15, -0.1) is 11.6 Å². The fourth-order valence-corrected chi connectivity index (χ4v) is 4.81. The molecule has 3 nitrogen and oxygen atoms in total. The first-order valence-corrected chi connectivity index (χ1v) is 9.12. The Balaban J connectivity index is 2.27. The molecule has 1 aromatic carbocycles. The lowest BCUT2D eigenvalue weighted by molar-refractivity contribution is 0.269. The second-order valence-corrected chi connectivity index (χ2v) is 7.60. The Kier molecular flexibility index (Phi) is 5.10. The number of alkyl halides is 1. The molecular weight excluding hydrogens is 294 g/mol. The molecule has 0 aliphatic carbocycles. The maximum Gasteiger partial charge on any atom is 0.243 e. The minimum absolute atomic E-state index is 0.340. The predicted molar refractivity (Wildman–Crippen MR) is 82.5 cm³/mol. The number of halogens is 1. The molecule has 1 aliphatic rings. The first kappa shape index (κ1) is 15.8. The van der Waals surface area contributed by atoms with Gasteiger partial charge in [-0.05, 0) is 42.9 Å². The Morgan fingerprint density at radius 3 is 2.50 bits per heavy atom. The summed E-state index contributed by atoms with van der Waals surface area (Å²) >= 11 is 5.87. The molecular formula is C15H22ClNO2S. The van der Waals surface area contributed by atoms with Crippen molar-refractivity contribution in [2.75, 3.05) is 13.1 Å². The number of rotatable bonds is 4. The fourth-order valence-electron chi connectivity index (χ4n) is 2.78. The van der Waals surface area contributed by atoms with E-state index in [0.717, 1.165) is 30.4 Å². The summed E-state index contributed by atoms with van der Waals surface area (Å²) in [7, 11) is -3.38. The monoisotopic (exact) mass is 315 g/mol. The SMILES string of the molecule is CCC1CCN(S(=O)(=O)c2cccc(CCl)c2C)CC1. The molecule has 0 radical (unpaired) electrons. The van der Waals surface area contributed by atoms with Gasteiger partial charge in [0.25, 0.3) is 0 Å². The topological polar surface area (TPSA) is 37.4 Å². The van der Waals surface area contributed by atoms with E-state index in [-0.39, 0.29) is 0 Å². The van der Waals surface area contributed by atoms with Crippen molar-refractivity contribution in [2.45, 2.75) is 43.9 Å². The zero-order chi connectivity index (χ0) is 14.8. The Morgan fingerprint density at radius 2 is 1.95 bits per heavy atom. The standard InChI is InChI=1S/C15H22ClNO2S/c1-3-13-7-9-17(10-8-13)20(18,19)15-6-4-5-14(11-16)12(15)2/h4-6,13H,3,7-11H2,1-2H3. The van der Waals surface area contributed by atoms with Crippen LogP contribution in [0.3, 0.4) is 0 Å². The maximum absolute atomic E-state index is 12.8. The van der Waals surface area contributed by atoms with E-state index in [1.807, 2.05) is 13.0 Å². The predicted octanol–water partition coefficient (Wildman–Crippen LogP) is 3.54. The summed E-state index contributed by atoms with van der Waals surface area (Å²) in [5, 5.41) is 0. The largest absolute Gasteiger partial charge is 0.243 e. The molecule has 1 saturated heterocycles. The van der Waals surface area contributed by atoms with Gasteiger partial charge in [-0.2, -0.15) is 4.31 Å². The van der Waals surface area contributed by atoms with Gasteiger partial charge in [-0.1, -0.05) is 25.5 Å². The quantitative estimate of drug-likeness (QED) is 0.797. The third-order valence-corrected chi connectivity index (χ3v) is 6.64. The van der Waals surface area contributed by atoms with Gasteiger partial charge in [-0.3, -0.25) is 0 Å². The van der Waals surface area contributed by atoms with Crippen molar-refractivity contribution in [3.05, 3.63) is 29.3 Å². The average molecular weight is 316 g/mol. The van der Waals surface area contributed by atoms with Crippen molar-refractivity contribution < 1.29 is 8.42 Å². The van der Waals surface area contributed by atoms with Gasteiger partial charge in [0.15, 0.2) is 0 Å². The van der Waals surface area contributed by atoms with Crippen molar-refractivity contribution in [2.24, 2.45) is 5.92 Å². The normalized spacial score (nSPS) is 18.4. The minimum atomic E-state index is -3.38. The zero-order valence-electron chi connectivity index (χ0n) is 12.1. The molecule has 0 N–H and O–H groups in total. The number of nitrogens with zero attached hydrogens (tertiary/aromatic N) is 1. The number of hydrogen-bond donors (Lipinski definition) is 0. The highest BCUT2D eigenvalue weighted by molar-refractivity contribution is 7.89. The van der Waals surface area contributed by atoms with E-state index < -0.39 is 10.0 Å². The Bertz CT molecular complexity index is 563. The molecule has 2 rings (SSSR count). The number of benzene rings is 1. The van der Waals surface area contributed by atoms with Crippen molar-refractivity contribution >= 4 is 21.6 Å². The van der Waals surface area contributed by atoms with Gasteiger partial charge in [0.2, 0.25) is 10.0 Å². The number of piperidine rings is 1. The summed E-state index contributed by atoms with van der Waals surface area (Å²) in [5.74, 6) is 1.00. The highest BCUT2D eigenvalue weighted by Gasteiger charge is 2.30. The van der Waals surface area contributed by atoms with Gasteiger partial charge in [0.1, 0.15) is 0 Å². The van der Waals surface area contributed by atoms with Crippen LogP contribution in [0.2, 0.25) is 0 Å². The van der Waals surface area contributed by atoms with E-state index in [1.165, 1.54) is 0 Å². The molecule has 0 aromatic heterocycles. The first-order valence-electron chi connectivity index (χ1n) is 7.15. The summed E-state index contributed by atoms with van der Waals surface area (Å²) in [5.41, 5.74) is 1.66. The van der Waals surface area contributed by atoms with Crippen LogP contribution in [0.1, 0.15) is 37.3 Å². The van der Waals surface area contributed by atoms with Crippen molar-refractivity contribution in [3.8, 4) is 0 Å². The minimum Gasteiger partial charge on any atom is -0.207 e. The van der Waals surface area contributed by atoms with E-state index in [9.17, 15) is 8.42 Å². The summed E-state index contributed by atoms with van der Waals surface area (Å²) in [6.45, 7) is 5.27. The zero-order valence-corrected chi connectivity index (χ0v) is 13.7. The summed E-state index contributed by atoms with van der Waals surface area (Å²) in [4.78, 5) is 0.408. The van der Waals surface area contributed by atoms with Gasteiger partial charge in [0.05, 0.1) is 4.90 Å². The van der Waals surface area contributed by atoms with Crippen LogP contribution in [-0.4, -0.2) is 25.8 Å². The van der Waals surface area contributed by atoms with Crippen LogP contribution >= 0.6 is 11.6 Å². The van der Waals surface area contributed by atoms with Crippen molar-refractivity contribution in [1.29, 1.82) is 0 Å². The van der Waals surface area contributed by atoms with Gasteiger partial charge in [0, 0.05) is 19.0 Å². The molecule has 0 amide bonds. The molecule has 112 valence electrons. The lowest BCUT2D eigenvalue weighted by Crippen LogP contribution is -2.38. The molecule has 5 heteroatoms. The number of hydrogen-bond acceptors (Lipinski definition) is 2. The van der Waals surface area contributed by atoms with Crippen LogP contribution in [0.5, 0.6) is 0 Å². The van der Waals surface area contributed by atoms with E-state index in [4.69, 9.17) is 11.6 Å². The van der Waals surface area contributed by atoms with Crippen LogP contribution in [0.4, 0.5) is 0 Å². The van der Waals surface area contributed by atoms with Crippen LogP contribution in [0, 0.1) is 12.8 Å². The molecule has 20 heavy (non-hydrogen) atoms. The second-order valence-electron chi connectivity index (χ2n) is 5.43. The van der Waals surface area contributed by atoms with Crippen molar-refractivity contribution in [1.82, 2.24) is 4.31 Å². The summed E-state index contributed by atoms with van der Waals surface area (Å²) < 4.78 is 27.1. The third-order valence-electron chi connectivity index (χ3n) is 4.31. The number of sulfonamides is 1.